The van der Waals surface area contributed by atoms with Crippen LogP contribution >= 0.6 is 0 Å². The Labute approximate surface area is 79.6 Å². The molecule has 70 valence electrons. The Morgan fingerprint density at radius 1 is 1.64 bits per heavy atom. The molecule has 5 heteroatoms. The van der Waals surface area contributed by atoms with Gasteiger partial charge in [-0.25, -0.2) is 4.98 Å². The van der Waals surface area contributed by atoms with Crippen molar-refractivity contribution in [1.82, 2.24) is 4.98 Å². The van der Waals surface area contributed by atoms with Gasteiger partial charge >= 0.3 is 5.97 Å². The van der Waals surface area contributed by atoms with Gasteiger partial charge in [-0.05, 0) is 12.1 Å². The summed E-state index contributed by atoms with van der Waals surface area (Å²) in [6, 6.07) is 4.41. The van der Waals surface area contributed by atoms with E-state index in [0.29, 0.717) is 6.29 Å². The van der Waals surface area contributed by atoms with Crippen LogP contribution in [0, 0.1) is 11.3 Å². The molecule has 0 aliphatic carbocycles. The molecule has 0 aliphatic rings. The Morgan fingerprint density at radius 3 is 2.86 bits per heavy atom. The molecular weight excluding hydrogens is 184 g/mol. The third kappa shape index (κ3) is 2.38. The van der Waals surface area contributed by atoms with Crippen molar-refractivity contribution in [2.45, 2.75) is 6.42 Å². The molecule has 0 aromatic carbocycles. The van der Waals surface area contributed by atoms with E-state index in [9.17, 15) is 9.59 Å². The predicted octanol–water partition coefficient (Wildman–Crippen LogP) is 0.393. The monoisotopic (exact) mass is 190 g/mol. The van der Waals surface area contributed by atoms with E-state index in [1.807, 2.05) is 0 Å². The lowest BCUT2D eigenvalue weighted by Gasteiger charge is -1.98. The summed E-state index contributed by atoms with van der Waals surface area (Å²) in [6.07, 6.45) is 0.254. The van der Waals surface area contributed by atoms with Crippen LogP contribution < -0.4 is 0 Å². The van der Waals surface area contributed by atoms with E-state index < -0.39 is 5.97 Å². The molecule has 0 saturated heterocycles. The Bertz CT molecular complexity index is 421. The van der Waals surface area contributed by atoms with Crippen LogP contribution in [-0.4, -0.2) is 22.3 Å². The third-order valence-corrected chi connectivity index (χ3v) is 1.48. The zero-order valence-corrected chi connectivity index (χ0v) is 7.10. The summed E-state index contributed by atoms with van der Waals surface area (Å²) in [5.74, 6) is -1.05. The molecule has 0 atom stereocenters. The average Bonchev–Trinajstić information content (AvgIpc) is 2.16. The van der Waals surface area contributed by atoms with Crippen LogP contribution in [0.5, 0.6) is 0 Å². The van der Waals surface area contributed by atoms with Gasteiger partial charge in [0, 0.05) is 5.56 Å². The molecule has 0 saturated carbocycles. The van der Waals surface area contributed by atoms with E-state index >= 15 is 0 Å². The number of hydrogen-bond acceptors (Lipinski definition) is 4. The largest absolute Gasteiger partial charge is 0.481 e. The first-order valence-corrected chi connectivity index (χ1v) is 3.73. The van der Waals surface area contributed by atoms with Gasteiger partial charge in [-0.1, -0.05) is 0 Å². The molecule has 1 N–H and O–H groups in total. The van der Waals surface area contributed by atoms with Crippen molar-refractivity contribution in [3.05, 3.63) is 29.1 Å². The number of carboxylic acid groups (broad SMARTS) is 1. The number of aldehydes is 1. The van der Waals surface area contributed by atoms with Gasteiger partial charge in [-0.15, -0.1) is 0 Å². The highest BCUT2D eigenvalue weighted by atomic mass is 16.4. The molecule has 1 rings (SSSR count). The second-order valence-corrected chi connectivity index (χ2v) is 2.58. The maximum absolute atomic E-state index is 10.4. The van der Waals surface area contributed by atoms with Crippen LogP contribution in [0.3, 0.4) is 0 Å². The van der Waals surface area contributed by atoms with Gasteiger partial charge in [0.1, 0.15) is 18.0 Å². The van der Waals surface area contributed by atoms with Crippen molar-refractivity contribution in [2.75, 3.05) is 0 Å². The van der Waals surface area contributed by atoms with Crippen LogP contribution in [0.15, 0.2) is 12.1 Å². The summed E-state index contributed by atoms with van der Waals surface area (Å²) >= 11 is 0. The topological polar surface area (TPSA) is 91.0 Å². The standard InChI is InChI=1S/C9H6N2O3/c10-4-8-2-6(5-12)1-7(11-8)3-9(13)14/h1-2,5H,3H2,(H,13,14). The first kappa shape index (κ1) is 9.86. The number of aromatic nitrogens is 1. The number of carboxylic acids is 1. The highest BCUT2D eigenvalue weighted by Gasteiger charge is 2.05. The molecule has 5 nitrogen and oxygen atoms in total. The predicted molar refractivity (Wildman–Crippen MR) is 45.7 cm³/mol. The normalized spacial score (nSPS) is 9.07. The highest BCUT2D eigenvalue weighted by Crippen LogP contribution is 2.04. The summed E-state index contributed by atoms with van der Waals surface area (Å²) in [4.78, 5) is 24.5. The maximum Gasteiger partial charge on any atom is 0.309 e. The molecule has 0 bridgehead atoms. The zero-order valence-electron chi connectivity index (χ0n) is 7.10. The average molecular weight is 190 g/mol. The first-order valence-electron chi connectivity index (χ1n) is 3.73. The Morgan fingerprint density at radius 2 is 2.36 bits per heavy atom. The number of pyridine rings is 1. The molecule has 14 heavy (non-hydrogen) atoms. The number of carbonyl (C=O) groups excluding carboxylic acids is 1. The molecule has 1 heterocycles. The molecular formula is C9H6N2O3. The number of nitrogens with zero attached hydrogens (tertiary/aromatic N) is 2. The lowest BCUT2D eigenvalue weighted by atomic mass is 10.2. The Hall–Kier alpha value is -2.22. The molecule has 0 aliphatic heterocycles. The fourth-order valence-electron chi connectivity index (χ4n) is 0.982. The zero-order chi connectivity index (χ0) is 10.6. The second kappa shape index (κ2) is 4.14. The lowest BCUT2D eigenvalue weighted by molar-refractivity contribution is -0.136. The molecule has 0 amide bonds. The van der Waals surface area contributed by atoms with E-state index in [4.69, 9.17) is 10.4 Å². The number of hydrogen-bond donors (Lipinski definition) is 1. The smallest absolute Gasteiger partial charge is 0.309 e. The van der Waals surface area contributed by atoms with E-state index in [1.54, 1.807) is 6.07 Å². The van der Waals surface area contributed by atoms with Crippen molar-refractivity contribution in [3.8, 4) is 6.07 Å². The van der Waals surface area contributed by atoms with Crippen molar-refractivity contribution < 1.29 is 14.7 Å². The quantitative estimate of drug-likeness (QED) is 0.696. The fourth-order valence-corrected chi connectivity index (χ4v) is 0.982. The van der Waals surface area contributed by atoms with Crippen LogP contribution in [0.25, 0.3) is 0 Å². The summed E-state index contributed by atoms with van der Waals surface area (Å²) in [5.41, 5.74) is 0.511. The molecule has 0 radical (unpaired) electrons. The van der Waals surface area contributed by atoms with Gasteiger partial charge in [0.2, 0.25) is 0 Å². The van der Waals surface area contributed by atoms with E-state index in [2.05, 4.69) is 4.98 Å². The molecule has 1 aromatic heterocycles. The fraction of sp³-hybridized carbons (Fsp3) is 0.111. The summed E-state index contributed by atoms with van der Waals surface area (Å²) in [6.45, 7) is 0. The van der Waals surface area contributed by atoms with Gasteiger partial charge in [0.15, 0.2) is 0 Å². The van der Waals surface area contributed by atoms with E-state index in [-0.39, 0.29) is 23.4 Å². The molecule has 0 spiro atoms. The summed E-state index contributed by atoms with van der Waals surface area (Å²) in [5, 5.41) is 17.0. The minimum Gasteiger partial charge on any atom is -0.481 e. The van der Waals surface area contributed by atoms with Gasteiger partial charge in [0.25, 0.3) is 0 Å². The van der Waals surface area contributed by atoms with Crippen molar-refractivity contribution >= 4 is 12.3 Å². The van der Waals surface area contributed by atoms with Crippen molar-refractivity contribution in [1.29, 1.82) is 5.26 Å². The highest BCUT2D eigenvalue weighted by molar-refractivity contribution is 5.76. The van der Waals surface area contributed by atoms with Crippen LogP contribution in [-0.2, 0) is 11.2 Å². The third-order valence-electron chi connectivity index (χ3n) is 1.48. The minimum atomic E-state index is -1.05. The first-order chi connectivity index (χ1) is 6.65. The summed E-state index contributed by atoms with van der Waals surface area (Å²) < 4.78 is 0. The maximum atomic E-state index is 10.4. The lowest BCUT2D eigenvalue weighted by Crippen LogP contribution is -2.04. The van der Waals surface area contributed by atoms with Crippen molar-refractivity contribution in [2.24, 2.45) is 0 Å². The van der Waals surface area contributed by atoms with Crippen LogP contribution in [0.1, 0.15) is 21.7 Å². The van der Waals surface area contributed by atoms with Gasteiger partial charge in [-0.3, -0.25) is 9.59 Å². The summed E-state index contributed by atoms with van der Waals surface area (Å²) in [7, 11) is 0. The van der Waals surface area contributed by atoms with Gasteiger partial charge < -0.3 is 5.11 Å². The number of rotatable bonds is 3. The molecule has 0 fully saturated rings. The van der Waals surface area contributed by atoms with Gasteiger partial charge in [0.05, 0.1) is 12.1 Å². The van der Waals surface area contributed by atoms with E-state index in [0.717, 1.165) is 0 Å². The Balaban J connectivity index is 3.12. The van der Waals surface area contributed by atoms with Crippen molar-refractivity contribution in [3.63, 3.8) is 0 Å². The van der Waals surface area contributed by atoms with Crippen LogP contribution in [0.4, 0.5) is 0 Å². The minimum absolute atomic E-state index is 0.0471. The second-order valence-electron chi connectivity index (χ2n) is 2.58. The SMILES string of the molecule is N#Cc1cc(C=O)cc(CC(=O)O)n1. The Kier molecular flexibility index (Phi) is 2.92. The number of carbonyl (C=O) groups is 2. The number of nitriles is 1. The van der Waals surface area contributed by atoms with E-state index in [1.165, 1.54) is 12.1 Å². The van der Waals surface area contributed by atoms with Crippen LogP contribution in [0.2, 0.25) is 0 Å². The molecule has 1 aromatic rings. The van der Waals surface area contributed by atoms with Gasteiger partial charge in [-0.2, -0.15) is 5.26 Å². The molecule has 0 unspecified atom stereocenters. The number of aliphatic carboxylic acids is 1.